The summed E-state index contributed by atoms with van der Waals surface area (Å²) in [5.41, 5.74) is 5.45. The quantitative estimate of drug-likeness (QED) is 0.721. The van der Waals surface area contributed by atoms with E-state index in [2.05, 4.69) is 47.2 Å². The predicted molar refractivity (Wildman–Crippen MR) is 99.8 cm³/mol. The van der Waals surface area contributed by atoms with Gasteiger partial charge in [0.25, 0.3) is 10.1 Å². The van der Waals surface area contributed by atoms with E-state index in [1.54, 1.807) is 0 Å². The minimum Gasteiger partial charge on any atom is -0.286 e. The molecule has 0 saturated carbocycles. The monoisotopic (exact) mass is 356 g/mol. The normalized spacial score (nSPS) is 10.7. The molecule has 0 radical (unpaired) electrons. The van der Waals surface area contributed by atoms with Gasteiger partial charge in [-0.1, -0.05) is 43.3 Å². The number of benzene rings is 1. The molecule has 6 heteroatoms. The van der Waals surface area contributed by atoms with Crippen LogP contribution in [0.2, 0.25) is 0 Å². The first-order chi connectivity index (χ1) is 11.9. The van der Waals surface area contributed by atoms with E-state index >= 15 is 0 Å². The highest BCUT2D eigenvalue weighted by atomic mass is 32.2. The summed E-state index contributed by atoms with van der Waals surface area (Å²) in [5, 5.41) is 0. The molecule has 0 fully saturated rings. The minimum atomic E-state index is -3.67. The van der Waals surface area contributed by atoms with Crippen LogP contribution in [-0.2, 0) is 16.5 Å². The van der Waals surface area contributed by atoms with E-state index in [0.29, 0.717) is 6.26 Å². The van der Waals surface area contributed by atoms with Crippen molar-refractivity contribution in [2.75, 3.05) is 6.26 Å². The number of aromatic nitrogens is 2. The van der Waals surface area contributed by atoms with E-state index in [0.717, 1.165) is 28.9 Å². The molecule has 2 aromatic heterocycles. The molecule has 130 valence electrons. The SMILES string of the molecule is CCc1ccc(-c2ncccc2-c2ccccc2)cn1.CS(=O)(=O)O. The molecular weight excluding hydrogens is 336 g/mol. The Kier molecular flexibility index (Phi) is 6.38. The van der Waals surface area contributed by atoms with Crippen molar-refractivity contribution in [3.63, 3.8) is 0 Å². The van der Waals surface area contributed by atoms with Gasteiger partial charge in [0, 0.05) is 29.2 Å². The molecule has 0 atom stereocenters. The molecule has 0 aliphatic carbocycles. The van der Waals surface area contributed by atoms with Gasteiger partial charge in [0.15, 0.2) is 0 Å². The average molecular weight is 356 g/mol. The van der Waals surface area contributed by atoms with Gasteiger partial charge in [-0.25, -0.2) is 0 Å². The summed E-state index contributed by atoms with van der Waals surface area (Å²) in [6.07, 6.45) is 5.41. The zero-order chi connectivity index (χ0) is 18.3. The molecule has 3 aromatic rings. The van der Waals surface area contributed by atoms with E-state index in [4.69, 9.17) is 4.55 Å². The Balaban J connectivity index is 0.000000399. The van der Waals surface area contributed by atoms with Gasteiger partial charge in [-0.2, -0.15) is 8.42 Å². The summed E-state index contributed by atoms with van der Waals surface area (Å²) in [6, 6.07) is 18.6. The number of pyridine rings is 2. The van der Waals surface area contributed by atoms with Crippen molar-refractivity contribution in [2.45, 2.75) is 13.3 Å². The van der Waals surface area contributed by atoms with Crippen LogP contribution in [0.1, 0.15) is 12.6 Å². The van der Waals surface area contributed by atoms with Crippen LogP contribution >= 0.6 is 0 Å². The molecule has 0 aliphatic rings. The highest BCUT2D eigenvalue weighted by Gasteiger charge is 2.08. The lowest BCUT2D eigenvalue weighted by Crippen LogP contribution is -1.91. The van der Waals surface area contributed by atoms with Crippen molar-refractivity contribution < 1.29 is 13.0 Å². The van der Waals surface area contributed by atoms with Gasteiger partial charge in [-0.15, -0.1) is 0 Å². The first-order valence-corrected chi connectivity index (χ1v) is 9.61. The molecule has 0 unspecified atom stereocenters. The fourth-order valence-corrected chi connectivity index (χ4v) is 2.26. The summed E-state index contributed by atoms with van der Waals surface area (Å²) in [5.74, 6) is 0. The predicted octanol–water partition coefficient (Wildman–Crippen LogP) is 3.88. The van der Waals surface area contributed by atoms with Crippen LogP contribution in [-0.4, -0.2) is 29.2 Å². The Labute approximate surface area is 148 Å². The number of rotatable bonds is 3. The van der Waals surface area contributed by atoms with E-state index in [-0.39, 0.29) is 0 Å². The maximum absolute atomic E-state index is 9.19. The third-order valence-electron chi connectivity index (χ3n) is 3.35. The van der Waals surface area contributed by atoms with Crippen molar-refractivity contribution in [2.24, 2.45) is 0 Å². The molecular formula is C19H20N2O3S. The molecule has 25 heavy (non-hydrogen) atoms. The zero-order valence-electron chi connectivity index (χ0n) is 14.1. The molecule has 5 nitrogen and oxygen atoms in total. The van der Waals surface area contributed by atoms with Crippen molar-refractivity contribution in [1.82, 2.24) is 9.97 Å². The minimum absolute atomic E-state index is 0.715. The maximum atomic E-state index is 9.19. The molecule has 3 rings (SSSR count). The molecule has 0 aliphatic heterocycles. The third kappa shape index (κ3) is 6.10. The van der Waals surface area contributed by atoms with Gasteiger partial charge in [0.2, 0.25) is 0 Å². The van der Waals surface area contributed by atoms with Crippen molar-refractivity contribution >= 4 is 10.1 Å². The largest absolute Gasteiger partial charge is 0.286 e. The third-order valence-corrected chi connectivity index (χ3v) is 3.35. The van der Waals surface area contributed by atoms with Crippen molar-refractivity contribution in [3.8, 4) is 22.4 Å². The maximum Gasteiger partial charge on any atom is 0.261 e. The smallest absolute Gasteiger partial charge is 0.261 e. The summed E-state index contributed by atoms with van der Waals surface area (Å²) in [6.45, 7) is 2.11. The van der Waals surface area contributed by atoms with Gasteiger partial charge in [-0.3, -0.25) is 14.5 Å². The second-order valence-corrected chi connectivity index (χ2v) is 6.86. The van der Waals surface area contributed by atoms with Crippen LogP contribution in [0.4, 0.5) is 0 Å². The summed E-state index contributed by atoms with van der Waals surface area (Å²) >= 11 is 0. The van der Waals surface area contributed by atoms with Crippen LogP contribution in [0.3, 0.4) is 0 Å². The molecule has 0 saturated heterocycles. The topological polar surface area (TPSA) is 80.2 Å². The van der Waals surface area contributed by atoms with E-state index < -0.39 is 10.1 Å². The van der Waals surface area contributed by atoms with Gasteiger partial charge in [0.1, 0.15) is 0 Å². The lowest BCUT2D eigenvalue weighted by atomic mass is 10.0. The van der Waals surface area contributed by atoms with Crippen LogP contribution in [0, 0.1) is 0 Å². The van der Waals surface area contributed by atoms with Gasteiger partial charge in [-0.05, 0) is 30.2 Å². The van der Waals surface area contributed by atoms with Gasteiger partial charge < -0.3 is 0 Å². The molecule has 0 spiro atoms. The second-order valence-electron chi connectivity index (χ2n) is 5.39. The van der Waals surface area contributed by atoms with Crippen LogP contribution in [0.15, 0.2) is 67.0 Å². The Morgan fingerprint density at radius 1 is 0.920 bits per heavy atom. The van der Waals surface area contributed by atoms with Crippen molar-refractivity contribution in [1.29, 1.82) is 0 Å². The zero-order valence-corrected chi connectivity index (χ0v) is 14.9. The fraction of sp³-hybridized carbons (Fsp3) is 0.158. The number of hydrogen-bond acceptors (Lipinski definition) is 4. The first-order valence-electron chi connectivity index (χ1n) is 7.76. The lowest BCUT2D eigenvalue weighted by molar-refractivity contribution is 0.490. The summed E-state index contributed by atoms with van der Waals surface area (Å²) in [4.78, 5) is 9.01. The van der Waals surface area contributed by atoms with E-state index in [1.807, 2.05) is 36.7 Å². The molecule has 1 aromatic carbocycles. The molecule has 0 amide bonds. The second kappa shape index (κ2) is 8.50. The Bertz CT molecular complexity index is 901. The average Bonchev–Trinajstić information content (AvgIpc) is 2.61. The van der Waals surface area contributed by atoms with Gasteiger partial charge >= 0.3 is 0 Å². The Hall–Kier alpha value is -2.57. The van der Waals surface area contributed by atoms with Crippen LogP contribution in [0.5, 0.6) is 0 Å². The molecule has 0 bridgehead atoms. The Morgan fingerprint density at radius 3 is 2.16 bits per heavy atom. The van der Waals surface area contributed by atoms with E-state index in [1.165, 1.54) is 5.56 Å². The first kappa shape index (κ1) is 18.8. The number of hydrogen-bond donors (Lipinski definition) is 1. The number of nitrogens with zero attached hydrogens (tertiary/aromatic N) is 2. The van der Waals surface area contributed by atoms with Gasteiger partial charge in [0.05, 0.1) is 11.9 Å². The lowest BCUT2D eigenvalue weighted by Gasteiger charge is -2.09. The fourth-order valence-electron chi connectivity index (χ4n) is 2.26. The van der Waals surface area contributed by atoms with E-state index in [9.17, 15) is 8.42 Å². The van der Waals surface area contributed by atoms with Crippen LogP contribution in [0.25, 0.3) is 22.4 Å². The molecule has 2 heterocycles. The van der Waals surface area contributed by atoms with Crippen LogP contribution < -0.4 is 0 Å². The highest BCUT2D eigenvalue weighted by molar-refractivity contribution is 7.85. The van der Waals surface area contributed by atoms with Crippen molar-refractivity contribution in [3.05, 3.63) is 72.7 Å². The standard InChI is InChI=1S/C18H16N2.CH4O3S/c1-2-16-11-10-15(13-20-16)18-17(9-6-12-19-18)14-7-4-3-5-8-14;1-5(2,3)4/h3-13H,2H2,1H3;1H3,(H,2,3,4). The number of aryl methyl sites for hydroxylation is 1. The summed E-state index contributed by atoms with van der Waals surface area (Å²) < 4.78 is 25.9. The summed E-state index contributed by atoms with van der Waals surface area (Å²) in [7, 11) is -3.67. The highest BCUT2D eigenvalue weighted by Crippen LogP contribution is 2.29. The Morgan fingerprint density at radius 2 is 1.60 bits per heavy atom. The molecule has 1 N–H and O–H groups in total.